The summed E-state index contributed by atoms with van der Waals surface area (Å²) in [5.41, 5.74) is 4.46. The summed E-state index contributed by atoms with van der Waals surface area (Å²) in [7, 11) is 0. The molecule has 142 valence electrons. The molecule has 28 heavy (non-hydrogen) atoms. The molecular weight excluding hydrogens is 372 g/mol. The minimum atomic E-state index is -0.339. The fourth-order valence-electron chi connectivity index (χ4n) is 2.99. The Bertz CT molecular complexity index is 1100. The Morgan fingerprint density at radius 1 is 1.00 bits per heavy atom. The van der Waals surface area contributed by atoms with Crippen LogP contribution in [-0.4, -0.2) is 30.6 Å². The third kappa shape index (κ3) is 4.34. The lowest BCUT2D eigenvalue weighted by Crippen LogP contribution is -2.34. The number of nitrogens with one attached hydrogen (secondary N) is 2. The number of aromatic hydroxyl groups is 1. The molecule has 0 fully saturated rings. The SMILES string of the molecule is CC(C)(Cc1ccccc1)Nc1nc(O)nc(Nc2ccc3ncsc3c2)n1. The van der Waals surface area contributed by atoms with Crippen LogP contribution in [0.15, 0.2) is 54.0 Å². The zero-order chi connectivity index (χ0) is 19.6. The highest BCUT2D eigenvalue weighted by Gasteiger charge is 2.20. The van der Waals surface area contributed by atoms with Gasteiger partial charge in [0.1, 0.15) is 0 Å². The van der Waals surface area contributed by atoms with Gasteiger partial charge in [-0.2, -0.15) is 15.0 Å². The van der Waals surface area contributed by atoms with Gasteiger partial charge < -0.3 is 15.7 Å². The smallest absolute Gasteiger partial charge is 0.320 e. The van der Waals surface area contributed by atoms with Gasteiger partial charge in [-0.15, -0.1) is 11.3 Å². The number of aromatic nitrogens is 4. The molecule has 2 aromatic heterocycles. The standard InChI is InChI=1S/C20H20N6OS/c1-20(2,11-13-6-4-3-5-7-13)26-18-23-17(24-19(27)25-18)22-14-8-9-15-16(10-14)28-12-21-15/h3-10,12H,11H2,1-2H3,(H3,22,23,24,25,26,27). The van der Waals surface area contributed by atoms with Gasteiger partial charge in [-0.25, -0.2) is 4.98 Å². The van der Waals surface area contributed by atoms with Crippen LogP contribution < -0.4 is 10.6 Å². The van der Waals surface area contributed by atoms with Gasteiger partial charge >= 0.3 is 6.01 Å². The molecular formula is C20H20N6OS. The minimum absolute atomic E-state index is 0.273. The molecule has 0 radical (unpaired) electrons. The molecule has 0 atom stereocenters. The van der Waals surface area contributed by atoms with E-state index in [-0.39, 0.29) is 17.5 Å². The first-order chi connectivity index (χ1) is 13.5. The molecule has 2 heterocycles. The van der Waals surface area contributed by atoms with Gasteiger partial charge in [0.25, 0.3) is 0 Å². The average Bonchev–Trinajstić information content (AvgIpc) is 3.09. The van der Waals surface area contributed by atoms with E-state index in [0.29, 0.717) is 5.95 Å². The first kappa shape index (κ1) is 18.1. The Labute approximate surface area is 166 Å². The van der Waals surface area contributed by atoms with Gasteiger partial charge in [0.2, 0.25) is 11.9 Å². The van der Waals surface area contributed by atoms with Crippen molar-refractivity contribution in [3.63, 3.8) is 0 Å². The first-order valence-electron chi connectivity index (χ1n) is 8.84. The Kier molecular flexibility index (Phi) is 4.79. The van der Waals surface area contributed by atoms with Gasteiger partial charge in [-0.3, -0.25) is 0 Å². The number of anilines is 3. The topological polar surface area (TPSA) is 95.9 Å². The van der Waals surface area contributed by atoms with E-state index in [4.69, 9.17) is 0 Å². The molecule has 0 amide bonds. The maximum absolute atomic E-state index is 9.95. The van der Waals surface area contributed by atoms with Crippen LogP contribution in [0.2, 0.25) is 0 Å². The summed E-state index contributed by atoms with van der Waals surface area (Å²) in [5.74, 6) is 0.587. The van der Waals surface area contributed by atoms with Crippen molar-refractivity contribution < 1.29 is 5.11 Å². The molecule has 0 aliphatic rings. The van der Waals surface area contributed by atoms with Gasteiger partial charge in [-0.05, 0) is 44.0 Å². The predicted molar refractivity (Wildman–Crippen MR) is 112 cm³/mol. The van der Waals surface area contributed by atoms with Crippen molar-refractivity contribution in [2.24, 2.45) is 0 Å². The molecule has 0 unspecified atom stereocenters. The van der Waals surface area contributed by atoms with Gasteiger partial charge in [-0.1, -0.05) is 30.3 Å². The van der Waals surface area contributed by atoms with E-state index in [0.717, 1.165) is 22.3 Å². The molecule has 0 aliphatic heterocycles. The molecule has 7 nitrogen and oxygen atoms in total. The van der Waals surface area contributed by atoms with Crippen LogP contribution in [0.5, 0.6) is 6.01 Å². The number of benzene rings is 2. The van der Waals surface area contributed by atoms with E-state index in [9.17, 15) is 5.11 Å². The van der Waals surface area contributed by atoms with Crippen molar-refractivity contribution in [3.05, 3.63) is 59.6 Å². The Balaban J connectivity index is 1.53. The fraction of sp³-hybridized carbons (Fsp3) is 0.200. The summed E-state index contributed by atoms with van der Waals surface area (Å²) in [6, 6.07) is 15.6. The van der Waals surface area contributed by atoms with Crippen LogP contribution in [0.3, 0.4) is 0 Å². The summed E-state index contributed by atoms with van der Waals surface area (Å²) in [6.45, 7) is 4.12. The maximum atomic E-state index is 9.95. The molecule has 0 saturated carbocycles. The van der Waals surface area contributed by atoms with Gasteiger partial charge in [0.15, 0.2) is 0 Å². The van der Waals surface area contributed by atoms with Crippen LogP contribution in [0.25, 0.3) is 10.2 Å². The van der Waals surface area contributed by atoms with Crippen LogP contribution in [0.1, 0.15) is 19.4 Å². The van der Waals surface area contributed by atoms with Crippen molar-refractivity contribution in [1.29, 1.82) is 0 Å². The Morgan fingerprint density at radius 3 is 2.61 bits per heavy atom. The highest BCUT2D eigenvalue weighted by molar-refractivity contribution is 7.16. The monoisotopic (exact) mass is 392 g/mol. The summed E-state index contributed by atoms with van der Waals surface area (Å²) in [4.78, 5) is 16.7. The van der Waals surface area contributed by atoms with Crippen molar-refractivity contribution in [1.82, 2.24) is 19.9 Å². The second kappa shape index (κ2) is 7.40. The molecule has 0 saturated heterocycles. The molecule has 3 N–H and O–H groups in total. The summed E-state index contributed by atoms with van der Waals surface area (Å²) < 4.78 is 1.06. The van der Waals surface area contributed by atoms with E-state index in [2.05, 4.69) is 56.5 Å². The highest BCUT2D eigenvalue weighted by atomic mass is 32.1. The van der Waals surface area contributed by atoms with E-state index in [1.54, 1.807) is 16.8 Å². The van der Waals surface area contributed by atoms with Crippen LogP contribution >= 0.6 is 11.3 Å². The van der Waals surface area contributed by atoms with Crippen LogP contribution in [-0.2, 0) is 6.42 Å². The fourth-order valence-corrected chi connectivity index (χ4v) is 3.71. The molecule has 0 spiro atoms. The average molecular weight is 392 g/mol. The molecule has 0 aliphatic carbocycles. The minimum Gasteiger partial charge on any atom is -0.479 e. The number of nitrogens with zero attached hydrogens (tertiary/aromatic N) is 4. The lowest BCUT2D eigenvalue weighted by Gasteiger charge is -2.26. The van der Waals surface area contributed by atoms with E-state index in [1.807, 2.05) is 36.4 Å². The van der Waals surface area contributed by atoms with Crippen molar-refractivity contribution in [3.8, 4) is 6.01 Å². The van der Waals surface area contributed by atoms with Gasteiger partial charge in [0.05, 0.1) is 15.7 Å². The van der Waals surface area contributed by atoms with Crippen molar-refractivity contribution >= 4 is 39.1 Å². The third-order valence-corrected chi connectivity index (χ3v) is 4.94. The molecule has 8 heteroatoms. The number of rotatable bonds is 6. The number of hydrogen-bond acceptors (Lipinski definition) is 8. The normalized spacial score (nSPS) is 11.5. The molecule has 4 aromatic rings. The Hall–Kier alpha value is -3.26. The largest absolute Gasteiger partial charge is 0.479 e. The van der Waals surface area contributed by atoms with E-state index >= 15 is 0 Å². The highest BCUT2D eigenvalue weighted by Crippen LogP contribution is 2.25. The third-order valence-electron chi connectivity index (χ3n) is 4.15. The lowest BCUT2D eigenvalue weighted by molar-refractivity contribution is 0.428. The first-order valence-corrected chi connectivity index (χ1v) is 9.72. The zero-order valence-electron chi connectivity index (χ0n) is 15.5. The molecule has 0 bridgehead atoms. The summed E-state index contributed by atoms with van der Waals surface area (Å²) in [5, 5.41) is 16.4. The van der Waals surface area contributed by atoms with E-state index in [1.165, 1.54) is 5.56 Å². The molecule has 4 rings (SSSR count). The number of hydrogen-bond donors (Lipinski definition) is 3. The lowest BCUT2D eigenvalue weighted by atomic mass is 9.95. The predicted octanol–water partition coefficient (Wildman–Crippen LogP) is 4.36. The number of thiazole rings is 1. The van der Waals surface area contributed by atoms with Crippen molar-refractivity contribution in [2.75, 3.05) is 10.6 Å². The Morgan fingerprint density at radius 2 is 1.79 bits per heavy atom. The van der Waals surface area contributed by atoms with Crippen LogP contribution in [0.4, 0.5) is 17.6 Å². The van der Waals surface area contributed by atoms with E-state index < -0.39 is 0 Å². The summed E-state index contributed by atoms with van der Waals surface area (Å²) >= 11 is 1.56. The van der Waals surface area contributed by atoms with Gasteiger partial charge in [0, 0.05) is 11.2 Å². The molecule has 2 aromatic carbocycles. The maximum Gasteiger partial charge on any atom is 0.320 e. The zero-order valence-corrected chi connectivity index (χ0v) is 16.4. The van der Waals surface area contributed by atoms with Crippen molar-refractivity contribution in [2.45, 2.75) is 25.8 Å². The second-order valence-corrected chi connectivity index (χ2v) is 8.00. The quantitative estimate of drug-likeness (QED) is 0.448. The summed E-state index contributed by atoms with van der Waals surface area (Å²) in [6.07, 6.45) is 0.783. The van der Waals surface area contributed by atoms with Crippen LogP contribution in [0, 0.1) is 0 Å². The second-order valence-electron chi connectivity index (χ2n) is 7.11. The number of fused-ring (bicyclic) bond motifs is 1.